The zero-order valence-electron chi connectivity index (χ0n) is 13.6. The highest BCUT2D eigenvalue weighted by molar-refractivity contribution is 6.04. The number of carbonyl (C=O) groups excluding carboxylic acids is 1. The fourth-order valence-electron chi connectivity index (χ4n) is 2.27. The first-order chi connectivity index (χ1) is 12.2. The maximum absolute atomic E-state index is 12.3. The van der Waals surface area contributed by atoms with Gasteiger partial charge < -0.3 is 19.9 Å². The van der Waals surface area contributed by atoms with Crippen molar-refractivity contribution in [1.29, 1.82) is 0 Å². The summed E-state index contributed by atoms with van der Waals surface area (Å²) in [5.41, 5.74) is 0.962. The van der Waals surface area contributed by atoms with Crippen molar-refractivity contribution in [3.05, 3.63) is 78.4 Å². The molecule has 0 atom stereocenters. The van der Waals surface area contributed by atoms with E-state index in [-0.39, 0.29) is 11.7 Å². The van der Waals surface area contributed by atoms with Crippen LogP contribution in [-0.2, 0) is 0 Å². The molecule has 126 valence electrons. The molecule has 0 saturated carbocycles. The van der Waals surface area contributed by atoms with Gasteiger partial charge in [0.05, 0.1) is 7.11 Å². The van der Waals surface area contributed by atoms with Crippen molar-refractivity contribution in [2.45, 2.75) is 0 Å². The fourth-order valence-corrected chi connectivity index (χ4v) is 2.27. The monoisotopic (exact) mass is 335 g/mol. The van der Waals surface area contributed by atoms with Crippen LogP contribution >= 0.6 is 0 Å². The minimum absolute atomic E-state index is 0.0353. The molecule has 25 heavy (non-hydrogen) atoms. The van der Waals surface area contributed by atoms with Crippen LogP contribution in [0, 0.1) is 0 Å². The predicted octanol–water partition coefficient (Wildman–Crippen LogP) is 4.45. The Morgan fingerprint density at radius 2 is 1.60 bits per heavy atom. The molecule has 2 N–H and O–H groups in total. The van der Waals surface area contributed by atoms with Crippen LogP contribution in [0.1, 0.15) is 10.4 Å². The minimum Gasteiger partial charge on any atom is -0.504 e. The quantitative estimate of drug-likeness (QED) is 0.723. The number of benzene rings is 3. The summed E-state index contributed by atoms with van der Waals surface area (Å²) in [5.74, 6) is 1.40. The summed E-state index contributed by atoms with van der Waals surface area (Å²) in [6.45, 7) is 0. The van der Waals surface area contributed by atoms with E-state index in [2.05, 4.69) is 5.32 Å². The second-order valence-electron chi connectivity index (χ2n) is 5.28. The number of anilines is 1. The van der Waals surface area contributed by atoms with E-state index in [4.69, 9.17) is 9.47 Å². The Balaban J connectivity index is 1.67. The molecule has 0 saturated heterocycles. The highest BCUT2D eigenvalue weighted by atomic mass is 16.5. The number of hydrogen-bond donors (Lipinski definition) is 2. The van der Waals surface area contributed by atoms with Gasteiger partial charge in [0, 0.05) is 17.3 Å². The van der Waals surface area contributed by atoms with Crippen LogP contribution in [0.15, 0.2) is 72.8 Å². The lowest BCUT2D eigenvalue weighted by Gasteiger charge is -2.09. The summed E-state index contributed by atoms with van der Waals surface area (Å²) in [5, 5.41) is 12.5. The number of rotatable bonds is 5. The Bertz CT molecular complexity index is 861. The molecule has 5 heteroatoms. The first-order valence-corrected chi connectivity index (χ1v) is 7.67. The average molecular weight is 335 g/mol. The Hall–Kier alpha value is -3.47. The number of hydrogen-bond acceptors (Lipinski definition) is 4. The Labute approximate surface area is 145 Å². The molecule has 0 heterocycles. The minimum atomic E-state index is -0.282. The molecule has 0 radical (unpaired) electrons. The number of methoxy groups -OCH3 is 1. The highest BCUT2D eigenvalue weighted by Gasteiger charge is 2.09. The van der Waals surface area contributed by atoms with Gasteiger partial charge in [-0.25, -0.2) is 0 Å². The van der Waals surface area contributed by atoms with E-state index in [1.54, 1.807) is 36.4 Å². The molecular formula is C20H17NO4. The van der Waals surface area contributed by atoms with Crippen LogP contribution in [0.3, 0.4) is 0 Å². The van der Waals surface area contributed by atoms with Gasteiger partial charge in [-0.15, -0.1) is 0 Å². The molecule has 0 aliphatic carbocycles. The van der Waals surface area contributed by atoms with E-state index in [1.165, 1.54) is 13.2 Å². The molecule has 3 aromatic rings. The summed E-state index contributed by atoms with van der Waals surface area (Å²) in [7, 11) is 1.46. The predicted molar refractivity (Wildman–Crippen MR) is 95.6 cm³/mol. The SMILES string of the molecule is COc1ccc(NC(=O)c2ccc(Oc3ccccc3)cc2)cc1O. The van der Waals surface area contributed by atoms with Gasteiger partial charge in [-0.05, 0) is 48.5 Å². The van der Waals surface area contributed by atoms with E-state index in [9.17, 15) is 9.90 Å². The molecule has 3 aromatic carbocycles. The van der Waals surface area contributed by atoms with Crippen molar-refractivity contribution in [2.75, 3.05) is 12.4 Å². The number of phenolic OH excluding ortho intramolecular Hbond substituents is 1. The maximum atomic E-state index is 12.3. The number of aromatic hydroxyl groups is 1. The van der Waals surface area contributed by atoms with Crippen molar-refractivity contribution in [1.82, 2.24) is 0 Å². The van der Waals surface area contributed by atoms with Gasteiger partial charge in [-0.1, -0.05) is 18.2 Å². The molecule has 1 amide bonds. The van der Waals surface area contributed by atoms with Crippen molar-refractivity contribution >= 4 is 11.6 Å². The largest absolute Gasteiger partial charge is 0.504 e. The third-order valence-corrected chi connectivity index (χ3v) is 3.53. The topological polar surface area (TPSA) is 67.8 Å². The molecule has 0 bridgehead atoms. The zero-order valence-corrected chi connectivity index (χ0v) is 13.6. The third-order valence-electron chi connectivity index (χ3n) is 3.53. The van der Waals surface area contributed by atoms with E-state index >= 15 is 0 Å². The fraction of sp³-hybridized carbons (Fsp3) is 0.0500. The highest BCUT2D eigenvalue weighted by Crippen LogP contribution is 2.29. The van der Waals surface area contributed by atoms with Crippen LogP contribution in [0.5, 0.6) is 23.0 Å². The van der Waals surface area contributed by atoms with Gasteiger partial charge in [0.15, 0.2) is 11.5 Å². The molecule has 0 aliphatic heterocycles. The lowest BCUT2D eigenvalue weighted by atomic mass is 10.2. The number of nitrogens with one attached hydrogen (secondary N) is 1. The van der Waals surface area contributed by atoms with Gasteiger partial charge in [0.1, 0.15) is 11.5 Å². The summed E-state index contributed by atoms with van der Waals surface area (Å²) >= 11 is 0. The van der Waals surface area contributed by atoms with Crippen LogP contribution in [0.4, 0.5) is 5.69 Å². The molecular weight excluding hydrogens is 318 g/mol. The molecule has 0 spiro atoms. The van der Waals surface area contributed by atoms with Crippen molar-refractivity contribution < 1.29 is 19.4 Å². The van der Waals surface area contributed by atoms with Gasteiger partial charge >= 0.3 is 0 Å². The standard InChI is InChI=1S/C20H17NO4/c1-24-19-12-9-15(13-18(19)22)21-20(23)14-7-10-17(11-8-14)25-16-5-3-2-4-6-16/h2-13,22H,1H3,(H,21,23). The second-order valence-corrected chi connectivity index (χ2v) is 5.28. The molecule has 0 fully saturated rings. The summed E-state index contributed by atoms with van der Waals surface area (Å²) in [4.78, 5) is 12.3. The van der Waals surface area contributed by atoms with Gasteiger partial charge in [0.25, 0.3) is 5.91 Å². The molecule has 0 aromatic heterocycles. The third kappa shape index (κ3) is 4.09. The van der Waals surface area contributed by atoms with E-state index in [1.807, 2.05) is 30.3 Å². The molecule has 5 nitrogen and oxygen atoms in total. The lowest BCUT2D eigenvalue weighted by Crippen LogP contribution is -2.11. The average Bonchev–Trinajstić information content (AvgIpc) is 2.63. The lowest BCUT2D eigenvalue weighted by molar-refractivity contribution is 0.102. The van der Waals surface area contributed by atoms with Crippen LogP contribution in [0.25, 0.3) is 0 Å². The Morgan fingerprint density at radius 3 is 2.24 bits per heavy atom. The summed E-state index contributed by atoms with van der Waals surface area (Å²) < 4.78 is 10.7. The van der Waals surface area contributed by atoms with Crippen LogP contribution in [-0.4, -0.2) is 18.1 Å². The molecule has 0 aliphatic rings. The van der Waals surface area contributed by atoms with Crippen molar-refractivity contribution in [2.24, 2.45) is 0 Å². The number of para-hydroxylation sites is 1. The summed E-state index contributed by atoms with van der Waals surface area (Å²) in [6.07, 6.45) is 0. The summed E-state index contributed by atoms with van der Waals surface area (Å²) in [6, 6.07) is 20.9. The normalized spacial score (nSPS) is 10.1. The van der Waals surface area contributed by atoms with Gasteiger partial charge in [-0.3, -0.25) is 4.79 Å². The molecule has 0 unspecified atom stereocenters. The van der Waals surface area contributed by atoms with Gasteiger partial charge in [-0.2, -0.15) is 0 Å². The van der Waals surface area contributed by atoms with Crippen molar-refractivity contribution in [3.63, 3.8) is 0 Å². The van der Waals surface area contributed by atoms with Crippen LogP contribution in [0.2, 0.25) is 0 Å². The van der Waals surface area contributed by atoms with E-state index in [0.29, 0.717) is 22.7 Å². The van der Waals surface area contributed by atoms with Crippen LogP contribution < -0.4 is 14.8 Å². The Morgan fingerprint density at radius 1 is 0.920 bits per heavy atom. The van der Waals surface area contributed by atoms with E-state index in [0.717, 1.165) is 5.75 Å². The smallest absolute Gasteiger partial charge is 0.255 e. The number of carbonyl (C=O) groups is 1. The Kier molecular flexibility index (Phi) is 4.85. The second kappa shape index (κ2) is 7.40. The van der Waals surface area contributed by atoms with Gasteiger partial charge in [0.2, 0.25) is 0 Å². The number of amides is 1. The number of ether oxygens (including phenoxy) is 2. The number of phenols is 1. The molecule has 3 rings (SSSR count). The first kappa shape index (κ1) is 16.4. The van der Waals surface area contributed by atoms with Crippen molar-refractivity contribution in [3.8, 4) is 23.0 Å². The zero-order chi connectivity index (χ0) is 17.6. The maximum Gasteiger partial charge on any atom is 0.255 e. The van der Waals surface area contributed by atoms with E-state index < -0.39 is 0 Å². The first-order valence-electron chi connectivity index (χ1n) is 7.67.